The standard InChI is InChI=1S/C44H55N5O6/c50-39-18-14-32(15-19-39)23-36-26-45-41(52)42(53)48(36)29-35-13-8-22-46(35)28-37(24-31-9-6-3-7-10-31)49-30-38(25-33-16-20-40(51)21-17-33)47(43(54)44(49)55)27-34-11-4-1-2-5-12-34/h3,6-7,9-10,14-21,34-38,50-51H,1-2,4-5,8,11-13,22-30H2,(H,45,52)/t35-,36-,37-,38-/m0/s1. The molecule has 7 rings (SSSR count). The summed E-state index contributed by atoms with van der Waals surface area (Å²) >= 11 is 0. The SMILES string of the molecule is O=C1NC[C@H](Cc2ccc(O)cc2)N(C[C@@H]2CCCN2C[C@H](Cc2ccccc2)N2C[C@H](Cc3ccc(O)cc3)N(CC3CCCCCC3)C(=O)C2=O)C1=O. The van der Waals surface area contributed by atoms with Gasteiger partial charge in [0.1, 0.15) is 11.5 Å². The van der Waals surface area contributed by atoms with Crippen LogP contribution in [0.3, 0.4) is 0 Å². The van der Waals surface area contributed by atoms with E-state index in [1.54, 1.807) is 29.2 Å². The third kappa shape index (κ3) is 9.50. The number of hydrogen-bond donors (Lipinski definition) is 3. The van der Waals surface area contributed by atoms with Gasteiger partial charge in [0.2, 0.25) is 0 Å². The van der Waals surface area contributed by atoms with E-state index in [1.807, 2.05) is 52.3 Å². The van der Waals surface area contributed by atoms with Crippen LogP contribution in [-0.2, 0) is 38.4 Å². The fourth-order valence-electron chi connectivity index (χ4n) is 9.28. The van der Waals surface area contributed by atoms with Crippen molar-refractivity contribution in [3.05, 3.63) is 95.6 Å². The Morgan fingerprint density at radius 1 is 0.618 bits per heavy atom. The summed E-state index contributed by atoms with van der Waals surface area (Å²) in [4.78, 5) is 62.5. The zero-order valence-electron chi connectivity index (χ0n) is 31.7. The number of nitrogens with zero attached hydrogens (tertiary/aromatic N) is 4. The highest BCUT2D eigenvalue weighted by Gasteiger charge is 2.44. The Kier molecular flexibility index (Phi) is 12.4. The average molecular weight is 750 g/mol. The van der Waals surface area contributed by atoms with Crippen LogP contribution in [0.1, 0.15) is 68.1 Å². The van der Waals surface area contributed by atoms with Crippen molar-refractivity contribution in [1.82, 2.24) is 24.9 Å². The van der Waals surface area contributed by atoms with Gasteiger partial charge in [-0.25, -0.2) is 0 Å². The van der Waals surface area contributed by atoms with Crippen LogP contribution < -0.4 is 5.32 Å². The number of likely N-dealkylation sites (tertiary alicyclic amines) is 1. The summed E-state index contributed by atoms with van der Waals surface area (Å²) in [5.74, 6) is -1.29. The van der Waals surface area contributed by atoms with Crippen LogP contribution in [0.25, 0.3) is 0 Å². The number of rotatable bonds is 13. The van der Waals surface area contributed by atoms with Crippen molar-refractivity contribution < 1.29 is 29.4 Å². The Bertz CT molecular complexity index is 1780. The second kappa shape index (κ2) is 17.7. The minimum Gasteiger partial charge on any atom is -0.508 e. The minimum absolute atomic E-state index is 0.0226. The Balaban J connectivity index is 1.13. The number of carbonyl (C=O) groups is 4. The molecule has 4 amide bonds. The molecule has 55 heavy (non-hydrogen) atoms. The number of benzene rings is 3. The van der Waals surface area contributed by atoms with Crippen molar-refractivity contribution >= 4 is 23.6 Å². The van der Waals surface area contributed by atoms with Crippen LogP contribution in [0, 0.1) is 5.92 Å². The van der Waals surface area contributed by atoms with Gasteiger partial charge in [-0.3, -0.25) is 24.1 Å². The highest BCUT2D eigenvalue weighted by Crippen LogP contribution is 2.30. The number of phenolic OH excluding ortho intramolecular Hbond substituents is 2. The molecule has 0 spiro atoms. The second-order valence-corrected chi connectivity index (χ2v) is 16.1. The van der Waals surface area contributed by atoms with E-state index in [0.29, 0.717) is 57.9 Å². The van der Waals surface area contributed by atoms with Crippen molar-refractivity contribution in [3.63, 3.8) is 0 Å². The summed E-state index contributed by atoms with van der Waals surface area (Å²) < 4.78 is 0. The lowest BCUT2D eigenvalue weighted by molar-refractivity contribution is -0.162. The lowest BCUT2D eigenvalue weighted by Gasteiger charge is -2.46. The maximum absolute atomic E-state index is 14.4. The van der Waals surface area contributed by atoms with Gasteiger partial charge in [0, 0.05) is 44.8 Å². The second-order valence-electron chi connectivity index (χ2n) is 16.1. The zero-order valence-corrected chi connectivity index (χ0v) is 31.7. The van der Waals surface area contributed by atoms with Crippen LogP contribution >= 0.6 is 0 Å². The molecule has 3 heterocycles. The molecule has 1 saturated carbocycles. The summed E-state index contributed by atoms with van der Waals surface area (Å²) in [6.07, 6.45) is 10.3. The van der Waals surface area contributed by atoms with E-state index in [9.17, 15) is 29.4 Å². The smallest absolute Gasteiger partial charge is 0.312 e. The molecule has 3 aliphatic heterocycles. The molecular weight excluding hydrogens is 695 g/mol. The van der Waals surface area contributed by atoms with Gasteiger partial charge < -0.3 is 30.2 Å². The van der Waals surface area contributed by atoms with Gasteiger partial charge in [0.05, 0.1) is 12.1 Å². The third-order valence-corrected chi connectivity index (χ3v) is 12.3. The van der Waals surface area contributed by atoms with E-state index in [2.05, 4.69) is 22.3 Å². The normalized spacial score (nSPS) is 23.6. The third-order valence-electron chi connectivity index (χ3n) is 12.3. The molecule has 1 aliphatic carbocycles. The van der Waals surface area contributed by atoms with Crippen LogP contribution in [0.4, 0.5) is 0 Å². The fourth-order valence-corrected chi connectivity index (χ4v) is 9.28. The van der Waals surface area contributed by atoms with Crippen LogP contribution in [0.15, 0.2) is 78.9 Å². The van der Waals surface area contributed by atoms with Crippen molar-refractivity contribution in [2.75, 3.05) is 39.3 Å². The average Bonchev–Trinajstić information content (AvgIpc) is 3.46. The molecular formula is C44H55N5O6. The summed E-state index contributed by atoms with van der Waals surface area (Å²) in [6, 6.07) is 23.4. The van der Waals surface area contributed by atoms with Gasteiger partial charge in [0.15, 0.2) is 0 Å². The van der Waals surface area contributed by atoms with E-state index < -0.39 is 23.6 Å². The molecule has 3 saturated heterocycles. The summed E-state index contributed by atoms with van der Waals surface area (Å²) in [5.41, 5.74) is 3.05. The van der Waals surface area contributed by atoms with Gasteiger partial charge in [-0.15, -0.1) is 0 Å². The monoisotopic (exact) mass is 749 g/mol. The summed E-state index contributed by atoms with van der Waals surface area (Å²) in [6.45, 7) is 3.05. The number of amides is 4. The Hall–Kier alpha value is -4.90. The van der Waals surface area contributed by atoms with Crippen LogP contribution in [0.5, 0.6) is 11.5 Å². The van der Waals surface area contributed by atoms with Crippen LogP contribution in [0.2, 0.25) is 0 Å². The van der Waals surface area contributed by atoms with Crippen molar-refractivity contribution in [2.45, 2.75) is 94.8 Å². The predicted octanol–water partition coefficient (Wildman–Crippen LogP) is 4.30. The molecule has 0 radical (unpaired) electrons. The summed E-state index contributed by atoms with van der Waals surface area (Å²) in [5, 5.41) is 22.6. The molecule has 11 heteroatoms. The molecule has 3 aromatic rings. The Labute approximate surface area is 324 Å². The largest absolute Gasteiger partial charge is 0.508 e. The maximum Gasteiger partial charge on any atom is 0.312 e. The predicted molar refractivity (Wildman–Crippen MR) is 209 cm³/mol. The van der Waals surface area contributed by atoms with Crippen molar-refractivity contribution in [1.29, 1.82) is 0 Å². The molecule has 292 valence electrons. The van der Waals surface area contributed by atoms with Crippen molar-refractivity contribution in [2.24, 2.45) is 5.92 Å². The lowest BCUT2D eigenvalue weighted by Crippen LogP contribution is -2.65. The number of carbonyl (C=O) groups excluding carboxylic acids is 4. The van der Waals surface area contributed by atoms with Gasteiger partial charge >= 0.3 is 23.6 Å². The molecule has 0 bridgehead atoms. The van der Waals surface area contributed by atoms with Crippen LogP contribution in [-0.4, -0.2) is 117 Å². The van der Waals surface area contributed by atoms with Gasteiger partial charge in [-0.2, -0.15) is 0 Å². The first kappa shape index (κ1) is 38.4. The van der Waals surface area contributed by atoms with Gasteiger partial charge in [-0.05, 0) is 98.4 Å². The quantitative estimate of drug-likeness (QED) is 0.176. The molecule has 0 aromatic heterocycles. The number of piperazine rings is 2. The summed E-state index contributed by atoms with van der Waals surface area (Å²) in [7, 11) is 0. The molecule has 11 nitrogen and oxygen atoms in total. The zero-order chi connectivity index (χ0) is 38.3. The lowest BCUT2D eigenvalue weighted by atomic mass is 9.94. The maximum atomic E-state index is 14.4. The van der Waals surface area contributed by atoms with Gasteiger partial charge in [0.25, 0.3) is 0 Å². The first-order valence-corrected chi connectivity index (χ1v) is 20.3. The minimum atomic E-state index is -0.598. The number of nitrogens with one attached hydrogen (secondary N) is 1. The molecule has 4 atom stereocenters. The van der Waals surface area contributed by atoms with Gasteiger partial charge in [-0.1, -0.05) is 80.3 Å². The van der Waals surface area contributed by atoms with Crippen molar-refractivity contribution in [3.8, 4) is 11.5 Å². The molecule has 4 fully saturated rings. The first-order chi connectivity index (χ1) is 26.7. The number of aromatic hydroxyl groups is 2. The van der Waals surface area contributed by atoms with E-state index in [1.165, 1.54) is 12.8 Å². The van der Waals surface area contributed by atoms with E-state index >= 15 is 0 Å². The molecule has 4 aliphatic rings. The fraction of sp³-hybridized carbons (Fsp3) is 0.500. The molecule has 3 aromatic carbocycles. The Morgan fingerprint density at radius 3 is 1.89 bits per heavy atom. The highest BCUT2D eigenvalue weighted by atomic mass is 16.3. The highest BCUT2D eigenvalue weighted by molar-refractivity contribution is 6.36. The van der Waals surface area contributed by atoms with E-state index in [0.717, 1.165) is 61.8 Å². The topological polar surface area (TPSA) is 134 Å². The Morgan fingerprint density at radius 2 is 1.24 bits per heavy atom. The number of hydrogen-bond acceptors (Lipinski definition) is 7. The first-order valence-electron chi connectivity index (χ1n) is 20.3. The number of phenols is 2. The molecule has 3 N–H and O–H groups in total. The van der Waals surface area contributed by atoms with E-state index in [4.69, 9.17) is 0 Å². The van der Waals surface area contributed by atoms with E-state index in [-0.39, 0.29) is 35.7 Å². The molecule has 0 unspecified atom stereocenters.